The third kappa shape index (κ3) is 4.35. The van der Waals surface area contributed by atoms with Crippen LogP contribution in [0.2, 0.25) is 0 Å². The number of esters is 1. The van der Waals surface area contributed by atoms with Crippen molar-refractivity contribution in [3.05, 3.63) is 54.2 Å². The fourth-order valence-corrected chi connectivity index (χ4v) is 2.37. The summed E-state index contributed by atoms with van der Waals surface area (Å²) in [5.41, 5.74) is 1.07. The van der Waals surface area contributed by atoms with Gasteiger partial charge in [0.05, 0.1) is 5.56 Å². The Kier molecular flexibility index (Phi) is 4.97. The molecule has 2 aromatic rings. The van der Waals surface area contributed by atoms with E-state index in [2.05, 4.69) is 10.3 Å². The molecule has 1 aliphatic rings. The summed E-state index contributed by atoms with van der Waals surface area (Å²) in [6, 6.07) is 13.1. The second-order valence-electron chi connectivity index (χ2n) is 6.13. The van der Waals surface area contributed by atoms with E-state index in [1.54, 1.807) is 26.1 Å². The second-order valence-corrected chi connectivity index (χ2v) is 6.13. The van der Waals surface area contributed by atoms with Crippen molar-refractivity contribution < 1.29 is 14.3 Å². The van der Waals surface area contributed by atoms with Crippen LogP contribution in [0, 0.1) is 0 Å². The van der Waals surface area contributed by atoms with Gasteiger partial charge in [0, 0.05) is 25.0 Å². The van der Waals surface area contributed by atoms with Crippen LogP contribution in [0.3, 0.4) is 0 Å². The quantitative estimate of drug-likeness (QED) is 0.820. The lowest BCUT2D eigenvalue weighted by atomic mass is 10.2. The number of nitrogens with zero attached hydrogens (tertiary/aromatic N) is 2. The Balaban J connectivity index is 1.58. The Morgan fingerprint density at radius 2 is 1.92 bits per heavy atom. The molecule has 0 aliphatic heterocycles. The molecule has 1 atom stereocenters. The first kappa shape index (κ1) is 17.0. The van der Waals surface area contributed by atoms with E-state index in [-0.39, 0.29) is 5.91 Å². The highest BCUT2D eigenvalue weighted by Crippen LogP contribution is 2.23. The summed E-state index contributed by atoms with van der Waals surface area (Å²) in [4.78, 5) is 30.3. The van der Waals surface area contributed by atoms with Crippen LogP contribution < -0.4 is 10.2 Å². The number of anilines is 2. The van der Waals surface area contributed by atoms with Crippen molar-refractivity contribution in [1.29, 1.82) is 0 Å². The molecule has 1 amide bonds. The largest absolute Gasteiger partial charge is 0.449 e. The molecule has 0 spiro atoms. The Bertz CT molecular complexity index is 742. The van der Waals surface area contributed by atoms with Crippen LogP contribution in [-0.4, -0.2) is 36.1 Å². The van der Waals surface area contributed by atoms with Gasteiger partial charge in [0.1, 0.15) is 5.82 Å². The van der Waals surface area contributed by atoms with Gasteiger partial charge in [-0.1, -0.05) is 18.2 Å². The van der Waals surface area contributed by atoms with Crippen molar-refractivity contribution in [3.8, 4) is 0 Å². The molecule has 1 heterocycles. The Hall–Kier alpha value is -2.89. The van der Waals surface area contributed by atoms with Gasteiger partial charge < -0.3 is 15.0 Å². The maximum atomic E-state index is 12.4. The molecule has 1 N–H and O–H groups in total. The van der Waals surface area contributed by atoms with Crippen molar-refractivity contribution in [1.82, 2.24) is 4.98 Å². The summed E-state index contributed by atoms with van der Waals surface area (Å²) in [5.74, 6) is -0.112. The highest BCUT2D eigenvalue weighted by Gasteiger charge is 2.24. The van der Waals surface area contributed by atoms with E-state index in [0.717, 1.165) is 24.3 Å². The normalized spacial score (nSPS) is 14.5. The van der Waals surface area contributed by atoms with E-state index < -0.39 is 12.1 Å². The number of rotatable bonds is 6. The van der Waals surface area contributed by atoms with Crippen molar-refractivity contribution in [2.24, 2.45) is 0 Å². The first-order valence-corrected chi connectivity index (χ1v) is 8.31. The van der Waals surface area contributed by atoms with Gasteiger partial charge in [0.15, 0.2) is 6.10 Å². The number of nitrogens with one attached hydrogen (secondary N) is 1. The van der Waals surface area contributed by atoms with Gasteiger partial charge in [-0.05, 0) is 44.0 Å². The predicted octanol–water partition coefficient (Wildman–Crippen LogP) is 2.86. The van der Waals surface area contributed by atoms with E-state index in [1.807, 2.05) is 30.3 Å². The molecule has 1 aromatic carbocycles. The zero-order valence-corrected chi connectivity index (χ0v) is 14.3. The Morgan fingerprint density at radius 1 is 1.20 bits per heavy atom. The van der Waals surface area contributed by atoms with Crippen molar-refractivity contribution in [3.63, 3.8) is 0 Å². The van der Waals surface area contributed by atoms with Crippen LogP contribution in [0.25, 0.3) is 0 Å². The number of ether oxygens (including phenoxy) is 1. The Morgan fingerprint density at radius 3 is 2.52 bits per heavy atom. The minimum Gasteiger partial charge on any atom is -0.449 e. The monoisotopic (exact) mass is 339 g/mol. The number of pyridine rings is 1. The van der Waals surface area contributed by atoms with Crippen molar-refractivity contribution >= 4 is 23.4 Å². The van der Waals surface area contributed by atoms with Gasteiger partial charge in [0.2, 0.25) is 0 Å². The second kappa shape index (κ2) is 7.34. The SMILES string of the molecule is CC(OC(=O)c1ccc(NC2CC2)nc1)C(=O)N(C)c1ccccc1. The predicted molar refractivity (Wildman–Crippen MR) is 95.6 cm³/mol. The number of amides is 1. The smallest absolute Gasteiger partial charge is 0.340 e. The minimum absolute atomic E-state index is 0.292. The molecule has 3 rings (SSSR count). The lowest BCUT2D eigenvalue weighted by Crippen LogP contribution is -2.37. The van der Waals surface area contributed by atoms with Crippen LogP contribution >= 0.6 is 0 Å². The van der Waals surface area contributed by atoms with E-state index in [0.29, 0.717) is 11.6 Å². The minimum atomic E-state index is -0.887. The first-order valence-electron chi connectivity index (χ1n) is 8.31. The molecule has 130 valence electrons. The lowest BCUT2D eigenvalue weighted by molar-refractivity contribution is -0.126. The summed E-state index contributed by atoms with van der Waals surface area (Å²) in [6.07, 6.45) is 2.88. The number of hydrogen-bond acceptors (Lipinski definition) is 5. The summed E-state index contributed by atoms with van der Waals surface area (Å²) in [6.45, 7) is 1.57. The summed E-state index contributed by atoms with van der Waals surface area (Å²) in [7, 11) is 1.65. The number of carbonyl (C=O) groups is 2. The molecule has 0 saturated heterocycles. The van der Waals surface area contributed by atoms with Crippen LogP contribution in [0.1, 0.15) is 30.1 Å². The molecule has 1 fully saturated rings. The fourth-order valence-electron chi connectivity index (χ4n) is 2.37. The van der Waals surface area contributed by atoms with E-state index in [4.69, 9.17) is 4.74 Å². The third-order valence-electron chi connectivity index (χ3n) is 4.03. The number of para-hydroxylation sites is 1. The number of carbonyl (C=O) groups excluding carboxylic acids is 2. The topological polar surface area (TPSA) is 71.5 Å². The van der Waals surface area contributed by atoms with E-state index in [9.17, 15) is 9.59 Å². The average molecular weight is 339 g/mol. The molecule has 25 heavy (non-hydrogen) atoms. The van der Waals surface area contributed by atoms with Gasteiger partial charge >= 0.3 is 5.97 Å². The molecular weight excluding hydrogens is 318 g/mol. The maximum Gasteiger partial charge on any atom is 0.340 e. The first-order chi connectivity index (χ1) is 12.0. The van der Waals surface area contributed by atoms with Gasteiger partial charge in [0.25, 0.3) is 5.91 Å². The average Bonchev–Trinajstić information content (AvgIpc) is 3.45. The molecule has 1 aliphatic carbocycles. The molecule has 1 unspecified atom stereocenters. The third-order valence-corrected chi connectivity index (χ3v) is 4.03. The number of benzene rings is 1. The van der Waals surface area contributed by atoms with E-state index >= 15 is 0 Å². The fraction of sp³-hybridized carbons (Fsp3) is 0.316. The van der Waals surface area contributed by atoms with Gasteiger partial charge in [-0.3, -0.25) is 4.79 Å². The lowest BCUT2D eigenvalue weighted by Gasteiger charge is -2.21. The summed E-state index contributed by atoms with van der Waals surface area (Å²) < 4.78 is 5.28. The molecule has 1 aromatic heterocycles. The standard InChI is InChI=1S/C19H21N3O3/c1-13(18(23)22(2)16-6-4-3-5-7-16)25-19(24)14-8-11-17(20-12-14)21-15-9-10-15/h3-8,11-13,15H,9-10H2,1-2H3,(H,20,21). The zero-order valence-electron chi connectivity index (χ0n) is 14.3. The summed E-state index contributed by atoms with van der Waals surface area (Å²) in [5, 5.41) is 3.25. The number of likely N-dealkylation sites (N-methyl/N-ethyl adjacent to an activating group) is 1. The molecular formula is C19H21N3O3. The number of hydrogen-bond donors (Lipinski definition) is 1. The molecule has 0 bridgehead atoms. The number of aromatic nitrogens is 1. The molecule has 6 nitrogen and oxygen atoms in total. The maximum absolute atomic E-state index is 12.4. The highest BCUT2D eigenvalue weighted by molar-refractivity contribution is 5.98. The van der Waals surface area contributed by atoms with Crippen LogP contribution in [-0.2, 0) is 9.53 Å². The molecule has 0 radical (unpaired) electrons. The molecule has 6 heteroatoms. The molecule has 1 saturated carbocycles. The van der Waals surface area contributed by atoms with Crippen LogP contribution in [0.5, 0.6) is 0 Å². The Labute approximate surface area is 146 Å². The van der Waals surface area contributed by atoms with Gasteiger partial charge in [-0.15, -0.1) is 0 Å². The van der Waals surface area contributed by atoms with Crippen molar-refractivity contribution in [2.75, 3.05) is 17.3 Å². The zero-order chi connectivity index (χ0) is 17.8. The van der Waals surface area contributed by atoms with Crippen LogP contribution in [0.4, 0.5) is 11.5 Å². The van der Waals surface area contributed by atoms with Gasteiger partial charge in [-0.2, -0.15) is 0 Å². The van der Waals surface area contributed by atoms with Crippen LogP contribution in [0.15, 0.2) is 48.7 Å². The summed E-state index contributed by atoms with van der Waals surface area (Å²) >= 11 is 0. The highest BCUT2D eigenvalue weighted by atomic mass is 16.5. The van der Waals surface area contributed by atoms with Crippen molar-refractivity contribution in [2.45, 2.75) is 31.9 Å². The van der Waals surface area contributed by atoms with Gasteiger partial charge in [-0.25, -0.2) is 9.78 Å². The van der Waals surface area contributed by atoms with E-state index in [1.165, 1.54) is 11.1 Å².